The number of hydrogen-bond donors (Lipinski definition) is 1. The van der Waals surface area contributed by atoms with Gasteiger partial charge in [-0.15, -0.1) is 0 Å². The van der Waals surface area contributed by atoms with Crippen LogP contribution in [0.15, 0.2) is 0 Å². The summed E-state index contributed by atoms with van der Waals surface area (Å²) in [7, 11) is 0. The number of aromatic nitrogens is 2. The van der Waals surface area contributed by atoms with Gasteiger partial charge in [0.15, 0.2) is 0 Å². The molecule has 1 aliphatic heterocycles. The number of carboxylic acid groups (broad SMARTS) is 1. The first-order valence-corrected chi connectivity index (χ1v) is 7.02. The predicted molar refractivity (Wildman–Crippen MR) is 71.2 cm³/mol. The van der Waals surface area contributed by atoms with Crippen molar-refractivity contribution in [1.82, 2.24) is 9.36 Å². The quantitative estimate of drug-likeness (QED) is 0.912. The number of piperidine rings is 1. The minimum Gasteiger partial charge on any atom is -0.481 e. The summed E-state index contributed by atoms with van der Waals surface area (Å²) in [6.45, 7) is 7.46. The van der Waals surface area contributed by atoms with E-state index in [1.54, 1.807) is 0 Å². The van der Waals surface area contributed by atoms with Crippen molar-refractivity contribution in [3.8, 4) is 0 Å². The van der Waals surface area contributed by atoms with Crippen LogP contribution >= 0.6 is 11.5 Å². The molecule has 6 heteroatoms. The van der Waals surface area contributed by atoms with Gasteiger partial charge in [-0.1, -0.05) is 13.8 Å². The van der Waals surface area contributed by atoms with Crippen molar-refractivity contribution in [2.24, 2.45) is 5.41 Å². The highest BCUT2D eigenvalue weighted by Crippen LogP contribution is 2.34. The Hall–Kier alpha value is -1.17. The molecule has 5 nitrogen and oxygen atoms in total. The van der Waals surface area contributed by atoms with Gasteiger partial charge < -0.3 is 10.0 Å². The van der Waals surface area contributed by atoms with Crippen LogP contribution in [0, 0.1) is 5.41 Å². The van der Waals surface area contributed by atoms with Gasteiger partial charge in [0.1, 0.15) is 5.82 Å². The van der Waals surface area contributed by atoms with Gasteiger partial charge in [-0.2, -0.15) is 4.37 Å². The van der Waals surface area contributed by atoms with Crippen LogP contribution in [-0.4, -0.2) is 33.5 Å². The van der Waals surface area contributed by atoms with Crippen molar-refractivity contribution in [3.63, 3.8) is 0 Å². The van der Waals surface area contributed by atoms with E-state index in [9.17, 15) is 9.90 Å². The first-order chi connectivity index (χ1) is 8.42. The number of nitrogens with zero attached hydrogens (tertiary/aromatic N) is 3. The molecule has 0 amide bonds. The standard InChI is InChI=1S/C12H19N3O2S/c1-8(2)9-13-11(18-14-9)15-6-4-12(3,5-7-15)10(16)17/h8H,4-7H2,1-3H3,(H,16,17). The number of carboxylic acids is 1. The second-order valence-corrected chi connectivity index (χ2v) is 6.17. The van der Waals surface area contributed by atoms with Crippen LogP contribution in [0.2, 0.25) is 0 Å². The summed E-state index contributed by atoms with van der Waals surface area (Å²) in [4.78, 5) is 17.8. The molecular weight excluding hydrogens is 250 g/mol. The van der Waals surface area contributed by atoms with Gasteiger partial charge in [0.05, 0.1) is 5.41 Å². The molecule has 1 saturated heterocycles. The Morgan fingerprint density at radius 1 is 1.44 bits per heavy atom. The summed E-state index contributed by atoms with van der Waals surface area (Å²) in [5, 5.41) is 10.1. The van der Waals surface area contributed by atoms with E-state index in [4.69, 9.17) is 0 Å². The van der Waals surface area contributed by atoms with Crippen LogP contribution in [0.5, 0.6) is 0 Å². The molecule has 0 saturated carbocycles. The van der Waals surface area contributed by atoms with Gasteiger partial charge in [-0.3, -0.25) is 4.79 Å². The van der Waals surface area contributed by atoms with E-state index in [0.717, 1.165) is 24.0 Å². The molecule has 0 aromatic carbocycles. The van der Waals surface area contributed by atoms with Gasteiger partial charge in [0.2, 0.25) is 5.13 Å². The van der Waals surface area contributed by atoms with E-state index in [1.807, 2.05) is 6.92 Å². The molecule has 0 spiro atoms. The lowest BCUT2D eigenvalue weighted by Gasteiger charge is -2.36. The van der Waals surface area contributed by atoms with Crippen LogP contribution in [-0.2, 0) is 4.79 Å². The van der Waals surface area contributed by atoms with Crippen LogP contribution in [0.3, 0.4) is 0 Å². The fourth-order valence-corrected chi connectivity index (χ4v) is 2.85. The van der Waals surface area contributed by atoms with E-state index in [1.165, 1.54) is 11.5 Å². The molecule has 2 rings (SSSR count). The van der Waals surface area contributed by atoms with Crippen LogP contribution in [0.4, 0.5) is 5.13 Å². The lowest BCUT2D eigenvalue weighted by Crippen LogP contribution is -2.42. The lowest BCUT2D eigenvalue weighted by atomic mass is 9.81. The topological polar surface area (TPSA) is 66.3 Å². The minimum atomic E-state index is -0.692. The van der Waals surface area contributed by atoms with E-state index in [-0.39, 0.29) is 0 Å². The Bertz CT molecular complexity index is 436. The Labute approximate surface area is 111 Å². The zero-order valence-electron chi connectivity index (χ0n) is 11.0. The number of anilines is 1. The molecular formula is C12H19N3O2S. The summed E-state index contributed by atoms with van der Waals surface area (Å²) >= 11 is 1.41. The maximum atomic E-state index is 11.2. The number of aliphatic carboxylic acids is 1. The molecule has 18 heavy (non-hydrogen) atoms. The van der Waals surface area contributed by atoms with Crippen molar-refractivity contribution in [2.75, 3.05) is 18.0 Å². The molecule has 0 bridgehead atoms. The molecule has 0 radical (unpaired) electrons. The van der Waals surface area contributed by atoms with Crippen molar-refractivity contribution < 1.29 is 9.90 Å². The third kappa shape index (κ3) is 2.48. The number of carbonyl (C=O) groups is 1. The van der Waals surface area contributed by atoms with Crippen molar-refractivity contribution >= 4 is 22.6 Å². The van der Waals surface area contributed by atoms with Crippen molar-refractivity contribution in [2.45, 2.75) is 39.5 Å². The highest BCUT2D eigenvalue weighted by molar-refractivity contribution is 7.09. The summed E-state index contributed by atoms with van der Waals surface area (Å²) in [6.07, 6.45) is 1.33. The molecule has 0 unspecified atom stereocenters. The Morgan fingerprint density at radius 2 is 2.06 bits per heavy atom. The third-order valence-electron chi connectivity index (χ3n) is 3.60. The van der Waals surface area contributed by atoms with Crippen molar-refractivity contribution in [3.05, 3.63) is 5.82 Å². The molecule has 1 N–H and O–H groups in total. The zero-order valence-corrected chi connectivity index (χ0v) is 11.8. The van der Waals surface area contributed by atoms with E-state index < -0.39 is 11.4 Å². The Balaban J connectivity index is 2.03. The van der Waals surface area contributed by atoms with Crippen LogP contribution in [0.25, 0.3) is 0 Å². The Kier molecular flexibility index (Phi) is 3.56. The molecule has 0 aliphatic carbocycles. The molecule has 1 aromatic rings. The summed E-state index contributed by atoms with van der Waals surface area (Å²) in [5.41, 5.74) is -0.581. The van der Waals surface area contributed by atoms with E-state index in [0.29, 0.717) is 18.8 Å². The average molecular weight is 269 g/mol. The molecule has 1 aliphatic rings. The maximum Gasteiger partial charge on any atom is 0.309 e. The summed E-state index contributed by atoms with van der Waals surface area (Å²) in [6, 6.07) is 0. The first kappa shape index (κ1) is 13.3. The Morgan fingerprint density at radius 3 is 2.50 bits per heavy atom. The zero-order chi connectivity index (χ0) is 13.3. The summed E-state index contributed by atoms with van der Waals surface area (Å²) < 4.78 is 4.33. The second kappa shape index (κ2) is 4.84. The largest absolute Gasteiger partial charge is 0.481 e. The van der Waals surface area contributed by atoms with E-state index in [2.05, 4.69) is 28.1 Å². The SMILES string of the molecule is CC(C)c1nsc(N2CCC(C)(C(=O)O)CC2)n1. The highest BCUT2D eigenvalue weighted by Gasteiger charge is 2.37. The maximum absolute atomic E-state index is 11.2. The lowest BCUT2D eigenvalue weighted by molar-refractivity contribution is -0.149. The van der Waals surface area contributed by atoms with E-state index >= 15 is 0 Å². The normalized spacial score (nSPS) is 19.2. The molecule has 0 atom stereocenters. The van der Waals surface area contributed by atoms with Gasteiger partial charge in [-0.25, -0.2) is 4.98 Å². The first-order valence-electron chi connectivity index (χ1n) is 6.24. The van der Waals surface area contributed by atoms with Gasteiger partial charge in [0.25, 0.3) is 0 Å². The monoisotopic (exact) mass is 269 g/mol. The van der Waals surface area contributed by atoms with Crippen molar-refractivity contribution in [1.29, 1.82) is 0 Å². The van der Waals surface area contributed by atoms with Gasteiger partial charge >= 0.3 is 5.97 Å². The van der Waals surface area contributed by atoms with Crippen LogP contribution < -0.4 is 4.90 Å². The summed E-state index contributed by atoms with van der Waals surface area (Å²) in [5.74, 6) is 0.521. The van der Waals surface area contributed by atoms with Gasteiger partial charge in [0, 0.05) is 30.5 Å². The predicted octanol–water partition coefficient (Wildman–Crippen LogP) is 2.35. The molecule has 1 fully saturated rings. The highest BCUT2D eigenvalue weighted by atomic mass is 32.1. The molecule has 1 aromatic heterocycles. The fraction of sp³-hybridized carbons (Fsp3) is 0.750. The third-order valence-corrected chi connectivity index (χ3v) is 4.39. The molecule has 2 heterocycles. The second-order valence-electron chi connectivity index (χ2n) is 5.44. The van der Waals surface area contributed by atoms with Crippen LogP contribution in [0.1, 0.15) is 45.4 Å². The number of hydrogen-bond acceptors (Lipinski definition) is 5. The smallest absolute Gasteiger partial charge is 0.309 e. The average Bonchev–Trinajstić information content (AvgIpc) is 2.79. The number of rotatable bonds is 3. The molecule has 100 valence electrons. The van der Waals surface area contributed by atoms with Gasteiger partial charge in [-0.05, 0) is 19.8 Å². The minimum absolute atomic E-state index is 0.337. The fourth-order valence-electron chi connectivity index (χ4n) is 1.99.